The first-order valence-corrected chi connectivity index (χ1v) is 9.38. The van der Waals surface area contributed by atoms with Gasteiger partial charge < -0.3 is 10.1 Å². The van der Waals surface area contributed by atoms with Crippen LogP contribution in [0.1, 0.15) is 47.0 Å². The van der Waals surface area contributed by atoms with E-state index < -0.39 is 0 Å². The third-order valence-corrected chi connectivity index (χ3v) is 5.37. The largest absolute Gasteiger partial charge is 0.373 e. The first-order chi connectivity index (χ1) is 10.9. The number of nitrogens with one attached hydrogen (secondary N) is 1. The van der Waals surface area contributed by atoms with Crippen molar-refractivity contribution in [3.8, 4) is 0 Å². The maximum absolute atomic E-state index is 12.9. The van der Waals surface area contributed by atoms with E-state index in [0.29, 0.717) is 12.0 Å². The van der Waals surface area contributed by atoms with Gasteiger partial charge in [-0.3, -0.25) is 14.6 Å². The minimum atomic E-state index is -0.0428. The monoisotopic (exact) mass is 323 g/mol. The Morgan fingerprint density at radius 1 is 1.09 bits per heavy atom. The summed E-state index contributed by atoms with van der Waals surface area (Å²) in [6.45, 7) is 12.4. The fourth-order valence-corrected chi connectivity index (χ4v) is 4.30. The Labute approximate surface area is 140 Å². The molecule has 0 aromatic heterocycles. The molecule has 5 nitrogen and oxygen atoms in total. The molecule has 2 aliphatic heterocycles. The number of ether oxygens (including phenoxy) is 1. The van der Waals surface area contributed by atoms with E-state index in [4.69, 9.17) is 4.74 Å². The molecule has 0 radical (unpaired) electrons. The number of hydrogen-bond donors (Lipinski definition) is 1. The molecule has 0 aromatic carbocycles. The Morgan fingerprint density at radius 2 is 1.74 bits per heavy atom. The van der Waals surface area contributed by atoms with Gasteiger partial charge in [0.1, 0.15) is 0 Å². The molecule has 2 saturated heterocycles. The van der Waals surface area contributed by atoms with Gasteiger partial charge in [-0.15, -0.1) is 0 Å². The van der Waals surface area contributed by atoms with Crippen LogP contribution in [0.4, 0.5) is 0 Å². The van der Waals surface area contributed by atoms with Crippen LogP contribution in [0.15, 0.2) is 0 Å². The minimum Gasteiger partial charge on any atom is -0.373 e. The molecule has 1 saturated carbocycles. The zero-order valence-corrected chi connectivity index (χ0v) is 15.1. The molecule has 3 fully saturated rings. The van der Waals surface area contributed by atoms with E-state index in [0.717, 1.165) is 38.6 Å². The molecule has 1 N–H and O–H groups in total. The van der Waals surface area contributed by atoms with Crippen molar-refractivity contribution < 1.29 is 9.53 Å². The predicted octanol–water partition coefficient (Wildman–Crippen LogP) is 1.47. The fraction of sp³-hybridized carbons (Fsp3) is 0.944. The second-order valence-corrected chi connectivity index (χ2v) is 8.12. The zero-order chi connectivity index (χ0) is 16.6. The van der Waals surface area contributed by atoms with Crippen molar-refractivity contribution in [3.05, 3.63) is 0 Å². The van der Waals surface area contributed by atoms with Crippen LogP contribution in [0.3, 0.4) is 0 Å². The van der Waals surface area contributed by atoms with Crippen molar-refractivity contribution in [1.82, 2.24) is 15.1 Å². The molecule has 23 heavy (non-hydrogen) atoms. The average Bonchev–Trinajstić information content (AvgIpc) is 3.18. The zero-order valence-electron chi connectivity index (χ0n) is 15.1. The summed E-state index contributed by atoms with van der Waals surface area (Å²) in [6, 6.07) is 1.10. The van der Waals surface area contributed by atoms with Gasteiger partial charge >= 0.3 is 0 Å². The number of rotatable bonds is 5. The van der Waals surface area contributed by atoms with Crippen LogP contribution in [-0.4, -0.2) is 72.2 Å². The lowest BCUT2D eigenvalue weighted by atomic mass is 9.99. The SMILES string of the molecule is CC(C)[C@@H](C(=O)N[C@H]1CCN(C2CC2)C1)N1C[C@@H](C)O[C@H](C)C1. The average molecular weight is 323 g/mol. The van der Waals surface area contributed by atoms with Crippen LogP contribution in [0.5, 0.6) is 0 Å². The highest BCUT2D eigenvalue weighted by Crippen LogP contribution is 2.30. The summed E-state index contributed by atoms with van der Waals surface area (Å²) in [5.41, 5.74) is 0. The molecule has 0 aromatic rings. The van der Waals surface area contributed by atoms with E-state index in [1.54, 1.807) is 0 Å². The molecule has 0 bridgehead atoms. The quantitative estimate of drug-likeness (QED) is 0.832. The number of carbonyl (C=O) groups is 1. The number of hydrogen-bond acceptors (Lipinski definition) is 4. The maximum atomic E-state index is 12.9. The summed E-state index contributed by atoms with van der Waals surface area (Å²) in [7, 11) is 0. The van der Waals surface area contributed by atoms with Crippen molar-refractivity contribution in [2.45, 2.75) is 77.3 Å². The highest BCUT2D eigenvalue weighted by molar-refractivity contribution is 5.82. The summed E-state index contributed by atoms with van der Waals surface area (Å²) in [5.74, 6) is 0.525. The molecule has 3 rings (SSSR count). The van der Waals surface area contributed by atoms with Gasteiger partial charge in [-0.2, -0.15) is 0 Å². The van der Waals surface area contributed by atoms with E-state index in [1.807, 2.05) is 0 Å². The lowest BCUT2D eigenvalue weighted by molar-refractivity contribution is -0.136. The van der Waals surface area contributed by atoms with Crippen molar-refractivity contribution in [2.75, 3.05) is 26.2 Å². The number of nitrogens with zero attached hydrogens (tertiary/aromatic N) is 2. The topological polar surface area (TPSA) is 44.8 Å². The Balaban J connectivity index is 1.58. The Hall–Kier alpha value is -0.650. The van der Waals surface area contributed by atoms with Crippen molar-refractivity contribution in [1.29, 1.82) is 0 Å². The standard InChI is InChI=1S/C18H33N3O2/c1-12(2)17(21-9-13(3)23-14(4)10-21)18(22)19-15-7-8-20(11-15)16-5-6-16/h12-17H,5-11H2,1-4H3,(H,19,22)/t13-,14-,15+,17+/m1/s1. The third kappa shape index (κ3) is 4.25. The fourth-order valence-electron chi connectivity index (χ4n) is 4.30. The smallest absolute Gasteiger partial charge is 0.237 e. The molecule has 0 unspecified atom stereocenters. The first kappa shape index (κ1) is 17.2. The van der Waals surface area contributed by atoms with E-state index in [1.165, 1.54) is 12.8 Å². The number of amides is 1. The van der Waals surface area contributed by atoms with Crippen LogP contribution in [0.2, 0.25) is 0 Å². The van der Waals surface area contributed by atoms with Crippen LogP contribution < -0.4 is 5.32 Å². The van der Waals surface area contributed by atoms with Gasteiger partial charge in [0, 0.05) is 38.3 Å². The number of morpholine rings is 1. The molecule has 1 amide bonds. The molecular weight excluding hydrogens is 290 g/mol. The van der Waals surface area contributed by atoms with Gasteiger partial charge in [0.25, 0.3) is 0 Å². The van der Waals surface area contributed by atoms with Gasteiger partial charge in [-0.25, -0.2) is 0 Å². The highest BCUT2D eigenvalue weighted by atomic mass is 16.5. The van der Waals surface area contributed by atoms with Gasteiger partial charge in [-0.05, 0) is 39.0 Å². The van der Waals surface area contributed by atoms with Crippen LogP contribution in [0, 0.1) is 5.92 Å². The molecule has 5 heteroatoms. The number of carbonyl (C=O) groups excluding carboxylic acids is 1. The maximum Gasteiger partial charge on any atom is 0.237 e. The van der Waals surface area contributed by atoms with E-state index in [9.17, 15) is 4.79 Å². The number of likely N-dealkylation sites (tertiary alicyclic amines) is 1. The summed E-state index contributed by atoms with van der Waals surface area (Å²) in [4.78, 5) is 17.8. The van der Waals surface area contributed by atoms with Crippen molar-refractivity contribution in [3.63, 3.8) is 0 Å². The summed E-state index contributed by atoms with van der Waals surface area (Å²) >= 11 is 0. The van der Waals surface area contributed by atoms with Crippen LogP contribution >= 0.6 is 0 Å². The Kier molecular flexibility index (Phi) is 5.29. The molecule has 132 valence electrons. The molecule has 4 atom stereocenters. The van der Waals surface area contributed by atoms with E-state index >= 15 is 0 Å². The first-order valence-electron chi connectivity index (χ1n) is 9.38. The van der Waals surface area contributed by atoms with Gasteiger partial charge in [-0.1, -0.05) is 13.8 Å². The van der Waals surface area contributed by atoms with Crippen molar-refractivity contribution in [2.24, 2.45) is 5.92 Å². The molecular formula is C18H33N3O2. The van der Waals surface area contributed by atoms with Gasteiger partial charge in [0.2, 0.25) is 5.91 Å². The highest BCUT2D eigenvalue weighted by Gasteiger charge is 2.38. The molecule has 0 spiro atoms. The molecule has 2 heterocycles. The third-order valence-electron chi connectivity index (χ3n) is 5.37. The Bertz CT molecular complexity index is 414. The summed E-state index contributed by atoms with van der Waals surface area (Å²) in [6.07, 6.45) is 4.19. The van der Waals surface area contributed by atoms with Crippen LogP contribution in [-0.2, 0) is 9.53 Å². The predicted molar refractivity (Wildman–Crippen MR) is 91.4 cm³/mol. The Morgan fingerprint density at radius 3 is 2.30 bits per heavy atom. The van der Waals surface area contributed by atoms with Crippen molar-refractivity contribution >= 4 is 5.91 Å². The second kappa shape index (κ2) is 7.08. The molecule has 3 aliphatic rings. The van der Waals surface area contributed by atoms with Gasteiger partial charge in [0.05, 0.1) is 18.2 Å². The van der Waals surface area contributed by atoms with E-state index in [-0.39, 0.29) is 24.2 Å². The summed E-state index contributed by atoms with van der Waals surface area (Å²) in [5, 5.41) is 3.34. The van der Waals surface area contributed by atoms with Crippen LogP contribution in [0.25, 0.3) is 0 Å². The second-order valence-electron chi connectivity index (χ2n) is 8.12. The van der Waals surface area contributed by atoms with Gasteiger partial charge in [0.15, 0.2) is 0 Å². The van der Waals surface area contributed by atoms with E-state index in [2.05, 4.69) is 42.8 Å². The lowest BCUT2D eigenvalue weighted by Gasteiger charge is -2.41. The summed E-state index contributed by atoms with van der Waals surface area (Å²) < 4.78 is 5.83. The normalized spacial score (nSPS) is 34.7. The molecule has 1 aliphatic carbocycles. The lowest BCUT2D eigenvalue weighted by Crippen LogP contribution is -2.58. The minimum absolute atomic E-state index is 0.0428.